The van der Waals surface area contributed by atoms with Crippen LogP contribution >= 0.6 is 15.9 Å². The average Bonchev–Trinajstić information content (AvgIpc) is 2.63. The Balaban J connectivity index is 2.27. The van der Waals surface area contributed by atoms with Crippen LogP contribution in [0.5, 0.6) is 0 Å². The van der Waals surface area contributed by atoms with E-state index < -0.39 is 0 Å². The highest BCUT2D eigenvalue weighted by Gasteiger charge is 2.30. The standard InChI is InChI=1S/C15H21BrO/c1-9-5-10(2)14(11(3)6-9)15(16)13-7-12(4)17-8-13/h5-6,12-13,15H,7-8H2,1-4H3. The molecule has 0 aliphatic carbocycles. The van der Waals surface area contributed by atoms with E-state index in [0.29, 0.717) is 16.8 Å². The van der Waals surface area contributed by atoms with Crippen molar-refractivity contribution in [2.75, 3.05) is 6.61 Å². The van der Waals surface area contributed by atoms with E-state index in [0.717, 1.165) is 13.0 Å². The first-order valence-electron chi connectivity index (χ1n) is 6.32. The molecule has 0 spiro atoms. The van der Waals surface area contributed by atoms with Crippen LogP contribution in [0.4, 0.5) is 0 Å². The van der Waals surface area contributed by atoms with E-state index in [1.54, 1.807) is 0 Å². The first-order chi connectivity index (χ1) is 7.99. The summed E-state index contributed by atoms with van der Waals surface area (Å²) in [4.78, 5) is 0.424. The van der Waals surface area contributed by atoms with Crippen LogP contribution in [-0.4, -0.2) is 12.7 Å². The predicted molar refractivity (Wildman–Crippen MR) is 75.8 cm³/mol. The Bertz CT molecular complexity index is 390. The molecular formula is C15H21BrO. The van der Waals surface area contributed by atoms with Gasteiger partial charge in [-0.3, -0.25) is 0 Å². The van der Waals surface area contributed by atoms with E-state index in [1.807, 2.05) is 0 Å². The number of hydrogen-bond acceptors (Lipinski definition) is 1. The Morgan fingerprint density at radius 2 is 1.82 bits per heavy atom. The molecule has 0 bridgehead atoms. The largest absolute Gasteiger partial charge is 0.378 e. The zero-order chi connectivity index (χ0) is 12.6. The Kier molecular flexibility index (Phi) is 3.94. The molecule has 0 amide bonds. The van der Waals surface area contributed by atoms with Gasteiger partial charge < -0.3 is 4.74 Å². The van der Waals surface area contributed by atoms with Gasteiger partial charge in [0, 0.05) is 10.7 Å². The fraction of sp³-hybridized carbons (Fsp3) is 0.600. The second-order valence-corrected chi connectivity index (χ2v) is 6.34. The van der Waals surface area contributed by atoms with Crippen molar-refractivity contribution < 1.29 is 4.74 Å². The molecule has 1 saturated heterocycles. The summed E-state index contributed by atoms with van der Waals surface area (Å²) in [5.74, 6) is 0.602. The third kappa shape index (κ3) is 2.74. The summed E-state index contributed by atoms with van der Waals surface area (Å²) >= 11 is 3.89. The zero-order valence-electron chi connectivity index (χ0n) is 11.1. The zero-order valence-corrected chi connectivity index (χ0v) is 12.7. The van der Waals surface area contributed by atoms with Crippen molar-refractivity contribution in [1.29, 1.82) is 0 Å². The van der Waals surface area contributed by atoms with Crippen molar-refractivity contribution in [2.24, 2.45) is 5.92 Å². The molecule has 0 radical (unpaired) electrons. The lowest BCUT2D eigenvalue weighted by atomic mass is 9.90. The SMILES string of the molecule is Cc1cc(C)c(C(Br)C2COC(C)C2)c(C)c1. The number of halogens is 1. The molecule has 3 unspecified atom stereocenters. The first-order valence-corrected chi connectivity index (χ1v) is 7.24. The van der Waals surface area contributed by atoms with E-state index in [-0.39, 0.29) is 0 Å². The van der Waals surface area contributed by atoms with E-state index in [4.69, 9.17) is 4.74 Å². The molecule has 1 aliphatic heterocycles. The lowest BCUT2D eigenvalue weighted by molar-refractivity contribution is 0.120. The molecule has 3 atom stereocenters. The lowest BCUT2D eigenvalue weighted by Crippen LogP contribution is -2.10. The molecule has 0 aromatic heterocycles. The van der Waals surface area contributed by atoms with Crippen LogP contribution < -0.4 is 0 Å². The number of alkyl halides is 1. The molecule has 1 fully saturated rings. The molecule has 1 nitrogen and oxygen atoms in total. The molecule has 94 valence electrons. The summed E-state index contributed by atoms with van der Waals surface area (Å²) in [6, 6.07) is 4.55. The smallest absolute Gasteiger partial charge is 0.0551 e. The van der Waals surface area contributed by atoms with Gasteiger partial charge in [-0.15, -0.1) is 0 Å². The van der Waals surface area contributed by atoms with Gasteiger partial charge in [-0.25, -0.2) is 0 Å². The van der Waals surface area contributed by atoms with Crippen LogP contribution in [0.1, 0.15) is 40.4 Å². The highest BCUT2D eigenvalue weighted by molar-refractivity contribution is 9.09. The lowest BCUT2D eigenvalue weighted by Gasteiger charge is -2.21. The van der Waals surface area contributed by atoms with Gasteiger partial charge in [-0.05, 0) is 50.8 Å². The number of benzene rings is 1. The van der Waals surface area contributed by atoms with Crippen LogP contribution in [-0.2, 0) is 4.74 Å². The van der Waals surface area contributed by atoms with Crippen molar-refractivity contribution in [3.63, 3.8) is 0 Å². The Morgan fingerprint density at radius 1 is 1.24 bits per heavy atom. The van der Waals surface area contributed by atoms with Gasteiger partial charge in [0.1, 0.15) is 0 Å². The average molecular weight is 297 g/mol. The van der Waals surface area contributed by atoms with Gasteiger partial charge in [0.15, 0.2) is 0 Å². The maximum absolute atomic E-state index is 5.68. The predicted octanol–water partition coefficient (Wildman–Crippen LogP) is 4.47. The Morgan fingerprint density at radius 3 is 2.29 bits per heavy atom. The number of hydrogen-bond donors (Lipinski definition) is 0. The summed E-state index contributed by atoms with van der Waals surface area (Å²) in [5, 5.41) is 0. The molecule has 1 heterocycles. The minimum Gasteiger partial charge on any atom is -0.378 e. The number of ether oxygens (including phenoxy) is 1. The van der Waals surface area contributed by atoms with E-state index in [9.17, 15) is 0 Å². The summed E-state index contributed by atoms with van der Waals surface area (Å²) in [5.41, 5.74) is 5.59. The molecule has 0 N–H and O–H groups in total. The molecule has 1 aromatic rings. The van der Waals surface area contributed by atoms with Crippen molar-refractivity contribution in [2.45, 2.75) is 45.0 Å². The van der Waals surface area contributed by atoms with Crippen LogP contribution in [0.2, 0.25) is 0 Å². The monoisotopic (exact) mass is 296 g/mol. The van der Waals surface area contributed by atoms with E-state index >= 15 is 0 Å². The van der Waals surface area contributed by atoms with Gasteiger partial charge in [0.2, 0.25) is 0 Å². The summed E-state index contributed by atoms with van der Waals surface area (Å²) < 4.78 is 5.68. The van der Waals surface area contributed by atoms with Crippen molar-refractivity contribution in [3.8, 4) is 0 Å². The van der Waals surface area contributed by atoms with Crippen LogP contribution in [0.3, 0.4) is 0 Å². The quantitative estimate of drug-likeness (QED) is 0.732. The van der Waals surface area contributed by atoms with Crippen LogP contribution in [0, 0.1) is 26.7 Å². The number of rotatable bonds is 2. The molecule has 0 saturated carbocycles. The first kappa shape index (κ1) is 13.1. The third-order valence-corrected chi connectivity index (χ3v) is 4.86. The number of aryl methyl sites for hydroxylation is 3. The van der Waals surface area contributed by atoms with Gasteiger partial charge in [0.05, 0.1) is 12.7 Å². The maximum Gasteiger partial charge on any atom is 0.0551 e. The van der Waals surface area contributed by atoms with Crippen LogP contribution in [0.15, 0.2) is 12.1 Å². The van der Waals surface area contributed by atoms with Crippen molar-refractivity contribution in [3.05, 3.63) is 34.4 Å². The molecule has 17 heavy (non-hydrogen) atoms. The normalized spacial score (nSPS) is 26.2. The van der Waals surface area contributed by atoms with Crippen molar-refractivity contribution in [1.82, 2.24) is 0 Å². The summed E-state index contributed by atoms with van der Waals surface area (Å²) in [6.07, 6.45) is 1.56. The molecule has 1 aromatic carbocycles. The molecule has 2 heteroatoms. The van der Waals surface area contributed by atoms with Crippen LogP contribution in [0.25, 0.3) is 0 Å². The summed E-state index contributed by atoms with van der Waals surface area (Å²) in [6.45, 7) is 9.62. The van der Waals surface area contributed by atoms with Crippen molar-refractivity contribution >= 4 is 15.9 Å². The van der Waals surface area contributed by atoms with Gasteiger partial charge in [-0.1, -0.05) is 33.6 Å². The van der Waals surface area contributed by atoms with Gasteiger partial charge >= 0.3 is 0 Å². The fourth-order valence-electron chi connectivity index (χ4n) is 2.92. The Labute approximate surface area is 113 Å². The topological polar surface area (TPSA) is 9.23 Å². The third-order valence-electron chi connectivity index (χ3n) is 3.66. The van der Waals surface area contributed by atoms with Gasteiger partial charge in [-0.2, -0.15) is 0 Å². The molecule has 2 rings (SSSR count). The fourth-order valence-corrected chi connectivity index (χ4v) is 4.01. The minimum atomic E-state index is 0.408. The van der Waals surface area contributed by atoms with Gasteiger partial charge in [0.25, 0.3) is 0 Å². The van der Waals surface area contributed by atoms with E-state index in [1.165, 1.54) is 22.3 Å². The molecular weight excluding hydrogens is 276 g/mol. The maximum atomic E-state index is 5.68. The second kappa shape index (κ2) is 5.11. The van der Waals surface area contributed by atoms with E-state index in [2.05, 4.69) is 55.8 Å². The minimum absolute atomic E-state index is 0.408. The highest BCUT2D eigenvalue weighted by atomic mass is 79.9. The highest BCUT2D eigenvalue weighted by Crippen LogP contribution is 2.40. The molecule has 1 aliphatic rings. The second-order valence-electron chi connectivity index (χ2n) is 5.35. The Hall–Kier alpha value is -0.340. The summed E-state index contributed by atoms with van der Waals surface area (Å²) in [7, 11) is 0.